The van der Waals surface area contributed by atoms with Gasteiger partial charge in [0.25, 0.3) is 0 Å². The maximum absolute atomic E-state index is 6.12. The zero-order valence-electron chi connectivity index (χ0n) is 9.20. The molecule has 0 saturated carbocycles. The SMILES string of the molecule is CC[C@@H](C)[C@H](N)c1nc2ccccc2[nH]1. The number of aromatic amines is 1. The first kappa shape index (κ1) is 10.2. The van der Waals surface area contributed by atoms with Gasteiger partial charge in [-0.2, -0.15) is 0 Å². The number of fused-ring (bicyclic) bond motifs is 1. The third-order valence-electron chi connectivity index (χ3n) is 2.98. The van der Waals surface area contributed by atoms with Crippen molar-refractivity contribution >= 4 is 11.0 Å². The minimum absolute atomic E-state index is 0.00222. The fraction of sp³-hybridized carbons (Fsp3) is 0.417. The van der Waals surface area contributed by atoms with Gasteiger partial charge in [0.15, 0.2) is 0 Å². The molecule has 15 heavy (non-hydrogen) atoms. The topological polar surface area (TPSA) is 54.7 Å². The van der Waals surface area contributed by atoms with E-state index in [4.69, 9.17) is 5.73 Å². The Kier molecular flexibility index (Phi) is 2.73. The summed E-state index contributed by atoms with van der Waals surface area (Å²) in [4.78, 5) is 7.78. The van der Waals surface area contributed by atoms with Gasteiger partial charge in [-0.25, -0.2) is 4.98 Å². The van der Waals surface area contributed by atoms with Crippen LogP contribution in [0.3, 0.4) is 0 Å². The summed E-state index contributed by atoms with van der Waals surface area (Å²) in [5.41, 5.74) is 8.17. The molecule has 1 aromatic heterocycles. The highest BCUT2D eigenvalue weighted by Crippen LogP contribution is 2.21. The van der Waals surface area contributed by atoms with E-state index >= 15 is 0 Å². The lowest BCUT2D eigenvalue weighted by Gasteiger charge is -2.15. The molecule has 2 aromatic rings. The first-order valence-electron chi connectivity index (χ1n) is 5.42. The molecule has 0 aliphatic rings. The third-order valence-corrected chi connectivity index (χ3v) is 2.98. The van der Waals surface area contributed by atoms with Crippen molar-refractivity contribution in [1.29, 1.82) is 0 Å². The standard InChI is InChI=1S/C12H17N3/c1-3-8(2)11(13)12-14-9-6-4-5-7-10(9)15-12/h4-8,11H,3,13H2,1-2H3,(H,14,15)/t8-,11+/m1/s1. The first-order valence-corrected chi connectivity index (χ1v) is 5.42. The summed E-state index contributed by atoms with van der Waals surface area (Å²) in [7, 11) is 0. The molecular formula is C12H17N3. The quantitative estimate of drug-likeness (QED) is 0.805. The van der Waals surface area contributed by atoms with E-state index in [9.17, 15) is 0 Å². The van der Waals surface area contributed by atoms with Gasteiger partial charge in [-0.15, -0.1) is 0 Å². The van der Waals surface area contributed by atoms with Gasteiger partial charge in [0, 0.05) is 0 Å². The van der Waals surface area contributed by atoms with Gasteiger partial charge in [-0.1, -0.05) is 32.4 Å². The molecule has 0 saturated heterocycles. The highest BCUT2D eigenvalue weighted by molar-refractivity contribution is 5.74. The van der Waals surface area contributed by atoms with Crippen molar-refractivity contribution in [2.45, 2.75) is 26.3 Å². The molecule has 1 heterocycles. The van der Waals surface area contributed by atoms with Crippen LogP contribution < -0.4 is 5.73 Å². The number of rotatable bonds is 3. The molecule has 0 aliphatic heterocycles. The second-order valence-electron chi connectivity index (χ2n) is 4.05. The molecule has 2 atom stereocenters. The molecule has 0 bridgehead atoms. The fourth-order valence-corrected chi connectivity index (χ4v) is 1.65. The Morgan fingerprint density at radius 2 is 2.13 bits per heavy atom. The zero-order valence-corrected chi connectivity index (χ0v) is 9.20. The predicted octanol–water partition coefficient (Wildman–Crippen LogP) is 2.61. The van der Waals surface area contributed by atoms with Crippen LogP contribution in [0.4, 0.5) is 0 Å². The van der Waals surface area contributed by atoms with Crippen LogP contribution in [0.5, 0.6) is 0 Å². The number of hydrogen-bond donors (Lipinski definition) is 2. The Labute approximate surface area is 89.7 Å². The first-order chi connectivity index (χ1) is 7.22. The Bertz CT molecular complexity index is 414. The van der Waals surface area contributed by atoms with Crippen LogP contribution in [0.2, 0.25) is 0 Å². The third kappa shape index (κ3) is 1.88. The molecule has 0 spiro atoms. The van der Waals surface area contributed by atoms with Gasteiger partial charge < -0.3 is 10.7 Å². The van der Waals surface area contributed by atoms with Crippen molar-refractivity contribution < 1.29 is 0 Å². The summed E-state index contributed by atoms with van der Waals surface area (Å²) in [6, 6.07) is 8.01. The smallest absolute Gasteiger partial charge is 0.124 e. The minimum atomic E-state index is 0.00222. The van der Waals surface area contributed by atoms with Gasteiger partial charge in [0.2, 0.25) is 0 Å². The van der Waals surface area contributed by atoms with Crippen LogP contribution in [-0.2, 0) is 0 Å². The average molecular weight is 203 g/mol. The monoisotopic (exact) mass is 203 g/mol. The maximum atomic E-state index is 6.12. The highest BCUT2D eigenvalue weighted by Gasteiger charge is 2.16. The molecule has 3 nitrogen and oxygen atoms in total. The number of imidazole rings is 1. The fourth-order valence-electron chi connectivity index (χ4n) is 1.65. The normalized spacial score (nSPS) is 15.4. The number of hydrogen-bond acceptors (Lipinski definition) is 2. The van der Waals surface area contributed by atoms with Crippen molar-refractivity contribution in [1.82, 2.24) is 9.97 Å². The van der Waals surface area contributed by atoms with E-state index in [2.05, 4.69) is 23.8 Å². The van der Waals surface area contributed by atoms with Crippen LogP contribution in [0.1, 0.15) is 32.1 Å². The van der Waals surface area contributed by atoms with E-state index < -0.39 is 0 Å². The Morgan fingerprint density at radius 3 is 2.80 bits per heavy atom. The molecule has 80 valence electrons. The lowest BCUT2D eigenvalue weighted by Crippen LogP contribution is -2.19. The van der Waals surface area contributed by atoms with Gasteiger partial charge >= 0.3 is 0 Å². The van der Waals surface area contributed by atoms with E-state index in [1.54, 1.807) is 0 Å². The molecule has 0 aliphatic carbocycles. The number of nitrogens with two attached hydrogens (primary N) is 1. The Hall–Kier alpha value is -1.35. The largest absolute Gasteiger partial charge is 0.341 e. The molecule has 0 amide bonds. The van der Waals surface area contributed by atoms with Crippen LogP contribution in [0.25, 0.3) is 11.0 Å². The zero-order chi connectivity index (χ0) is 10.8. The van der Waals surface area contributed by atoms with Crippen molar-refractivity contribution in [2.24, 2.45) is 11.7 Å². The Balaban J connectivity index is 2.36. The van der Waals surface area contributed by atoms with Crippen LogP contribution in [0.15, 0.2) is 24.3 Å². The summed E-state index contributed by atoms with van der Waals surface area (Å²) in [6.45, 7) is 4.30. The van der Waals surface area contributed by atoms with Crippen molar-refractivity contribution in [3.8, 4) is 0 Å². The molecular weight excluding hydrogens is 186 g/mol. The predicted molar refractivity (Wildman–Crippen MR) is 62.5 cm³/mol. The summed E-state index contributed by atoms with van der Waals surface area (Å²) in [5.74, 6) is 1.34. The van der Waals surface area contributed by atoms with Crippen molar-refractivity contribution in [3.05, 3.63) is 30.1 Å². The summed E-state index contributed by atoms with van der Waals surface area (Å²) in [5, 5.41) is 0. The van der Waals surface area contributed by atoms with Crippen LogP contribution in [0, 0.1) is 5.92 Å². The molecule has 1 aromatic carbocycles. The van der Waals surface area contributed by atoms with Crippen LogP contribution >= 0.6 is 0 Å². The average Bonchev–Trinajstić information content (AvgIpc) is 2.70. The molecule has 0 radical (unpaired) electrons. The lowest BCUT2D eigenvalue weighted by molar-refractivity contribution is 0.442. The lowest BCUT2D eigenvalue weighted by atomic mass is 10.00. The van der Waals surface area contributed by atoms with Gasteiger partial charge in [0.05, 0.1) is 17.1 Å². The molecule has 3 N–H and O–H groups in total. The van der Waals surface area contributed by atoms with Gasteiger partial charge in [0.1, 0.15) is 5.82 Å². The van der Waals surface area contributed by atoms with E-state index in [0.717, 1.165) is 23.3 Å². The second-order valence-corrected chi connectivity index (χ2v) is 4.05. The minimum Gasteiger partial charge on any atom is -0.341 e. The summed E-state index contributed by atoms with van der Waals surface area (Å²) < 4.78 is 0. The Morgan fingerprint density at radius 1 is 1.40 bits per heavy atom. The van der Waals surface area contributed by atoms with E-state index in [-0.39, 0.29) is 6.04 Å². The number of H-pyrrole nitrogens is 1. The van der Waals surface area contributed by atoms with Gasteiger partial charge in [-0.3, -0.25) is 0 Å². The molecule has 0 fully saturated rings. The molecule has 2 rings (SSSR count). The van der Waals surface area contributed by atoms with Crippen molar-refractivity contribution in [3.63, 3.8) is 0 Å². The number of nitrogens with one attached hydrogen (secondary N) is 1. The number of para-hydroxylation sites is 2. The second kappa shape index (κ2) is 4.03. The number of aromatic nitrogens is 2. The number of nitrogens with zero attached hydrogens (tertiary/aromatic N) is 1. The molecule has 0 unspecified atom stereocenters. The maximum Gasteiger partial charge on any atom is 0.124 e. The van der Waals surface area contributed by atoms with E-state index in [1.165, 1.54) is 0 Å². The highest BCUT2D eigenvalue weighted by atomic mass is 15.0. The van der Waals surface area contributed by atoms with E-state index in [1.807, 2.05) is 24.3 Å². The summed E-state index contributed by atoms with van der Waals surface area (Å²) in [6.07, 6.45) is 1.07. The van der Waals surface area contributed by atoms with Gasteiger partial charge in [-0.05, 0) is 18.1 Å². The number of benzene rings is 1. The van der Waals surface area contributed by atoms with Crippen LogP contribution in [-0.4, -0.2) is 9.97 Å². The van der Waals surface area contributed by atoms with Crippen molar-refractivity contribution in [2.75, 3.05) is 0 Å². The van der Waals surface area contributed by atoms with E-state index in [0.29, 0.717) is 5.92 Å². The molecule has 3 heteroatoms. The summed E-state index contributed by atoms with van der Waals surface area (Å²) >= 11 is 0.